The monoisotopic (exact) mass is 716 g/mol. The first kappa shape index (κ1) is 42.8. The molecule has 286 valence electrons. The molecule has 1 aliphatic carbocycles. The maximum absolute atomic E-state index is 12.9. The van der Waals surface area contributed by atoms with Gasteiger partial charge >= 0.3 is 18.3 Å². The van der Waals surface area contributed by atoms with Crippen LogP contribution < -0.4 is 21.3 Å². The fourth-order valence-electron chi connectivity index (χ4n) is 5.22. The number of rotatable bonds is 10. The average molecular weight is 717 g/mol. The molecule has 1 aliphatic heterocycles. The van der Waals surface area contributed by atoms with Crippen LogP contribution in [0.5, 0.6) is 0 Å². The maximum atomic E-state index is 12.9. The number of alkyl carbamates (subject to hydrolysis) is 3. The van der Waals surface area contributed by atoms with Gasteiger partial charge in [-0.25, -0.2) is 14.4 Å². The molecule has 1 saturated heterocycles. The number of aliphatic hydroxyl groups excluding tert-OH is 4. The summed E-state index contributed by atoms with van der Waals surface area (Å²) in [4.78, 5) is 50.7. The van der Waals surface area contributed by atoms with Crippen molar-refractivity contribution in [2.75, 3.05) is 6.54 Å². The second-order valence-corrected chi connectivity index (χ2v) is 15.4. The normalized spacial score (nSPS) is 30.2. The SMILES string of the molecule is C#CCCCC(=O)NCC1O[C@H](O[C@@H]2C(NC(=O)OC(C)(C)C)C[C@H](NC(=O)OC(C)(C)C)C(O)[C@H]2O)C(NC(=O)OC(C)(C)C)[C@@H](O)[C@@H]1O. The molecular formula is C33H56N4O13. The summed E-state index contributed by atoms with van der Waals surface area (Å²) in [5, 5.41) is 54.8. The van der Waals surface area contributed by atoms with Gasteiger partial charge in [-0.1, -0.05) is 0 Å². The minimum absolute atomic E-state index is 0.0982. The van der Waals surface area contributed by atoms with E-state index in [9.17, 15) is 39.6 Å². The molecule has 0 radical (unpaired) electrons. The third-order valence-electron chi connectivity index (χ3n) is 7.31. The van der Waals surface area contributed by atoms with Crippen LogP contribution in [0.1, 0.15) is 88.0 Å². The molecule has 4 unspecified atom stereocenters. The van der Waals surface area contributed by atoms with Gasteiger partial charge in [0.1, 0.15) is 59.5 Å². The van der Waals surface area contributed by atoms with Crippen molar-refractivity contribution in [2.24, 2.45) is 0 Å². The Labute approximate surface area is 293 Å². The molecule has 0 bridgehead atoms. The fraction of sp³-hybridized carbons (Fsp3) is 0.818. The summed E-state index contributed by atoms with van der Waals surface area (Å²) in [5.41, 5.74) is -2.75. The highest BCUT2D eigenvalue weighted by Gasteiger charge is 2.52. The van der Waals surface area contributed by atoms with E-state index < -0.39 is 102 Å². The van der Waals surface area contributed by atoms with Crippen molar-refractivity contribution in [3.63, 3.8) is 0 Å². The van der Waals surface area contributed by atoms with Gasteiger partial charge in [-0.2, -0.15) is 0 Å². The molecule has 2 aliphatic rings. The highest BCUT2D eigenvalue weighted by molar-refractivity contribution is 5.75. The van der Waals surface area contributed by atoms with Gasteiger partial charge in [0.05, 0.1) is 12.1 Å². The lowest BCUT2D eigenvalue weighted by Gasteiger charge is -2.48. The van der Waals surface area contributed by atoms with Gasteiger partial charge in [0.2, 0.25) is 5.91 Å². The predicted octanol–water partition coefficient (Wildman–Crippen LogP) is 0.543. The number of unbranched alkanes of at least 4 members (excludes halogenated alkanes) is 1. The zero-order valence-corrected chi connectivity index (χ0v) is 30.3. The molecule has 4 amide bonds. The highest BCUT2D eigenvalue weighted by atomic mass is 16.7. The van der Waals surface area contributed by atoms with Gasteiger partial charge in [-0.3, -0.25) is 4.79 Å². The Morgan fingerprint density at radius 3 is 1.74 bits per heavy atom. The maximum Gasteiger partial charge on any atom is 0.408 e. The molecular weight excluding hydrogens is 660 g/mol. The summed E-state index contributed by atoms with van der Waals surface area (Å²) < 4.78 is 28.1. The van der Waals surface area contributed by atoms with Crippen LogP contribution in [0.3, 0.4) is 0 Å². The summed E-state index contributed by atoms with van der Waals surface area (Å²) in [5.74, 6) is 2.04. The van der Waals surface area contributed by atoms with Crippen molar-refractivity contribution in [2.45, 2.75) is 166 Å². The van der Waals surface area contributed by atoms with Gasteiger partial charge in [-0.15, -0.1) is 12.3 Å². The first-order chi connectivity index (χ1) is 22.9. The minimum Gasteiger partial charge on any atom is -0.444 e. The molecule has 2 fully saturated rings. The van der Waals surface area contributed by atoms with Gasteiger partial charge in [-0.05, 0) is 75.2 Å². The van der Waals surface area contributed by atoms with Crippen LogP contribution >= 0.6 is 0 Å². The van der Waals surface area contributed by atoms with E-state index in [1.54, 1.807) is 62.3 Å². The third kappa shape index (κ3) is 14.1. The Bertz CT molecular complexity index is 1210. The summed E-state index contributed by atoms with van der Waals surface area (Å²) in [7, 11) is 0. The molecule has 17 nitrogen and oxygen atoms in total. The number of amides is 4. The first-order valence-corrected chi connectivity index (χ1v) is 16.6. The topological polar surface area (TPSA) is 243 Å². The Hall–Kier alpha value is -3.40. The van der Waals surface area contributed by atoms with Crippen molar-refractivity contribution in [3.05, 3.63) is 0 Å². The van der Waals surface area contributed by atoms with Crippen LogP contribution in [-0.2, 0) is 28.5 Å². The molecule has 0 aromatic rings. The Morgan fingerprint density at radius 2 is 1.24 bits per heavy atom. The number of carbonyl (C=O) groups is 4. The smallest absolute Gasteiger partial charge is 0.408 e. The van der Waals surface area contributed by atoms with E-state index in [4.69, 9.17) is 30.1 Å². The van der Waals surface area contributed by atoms with E-state index in [1.165, 1.54) is 0 Å². The molecule has 17 heteroatoms. The number of hydrogen-bond acceptors (Lipinski definition) is 13. The predicted molar refractivity (Wildman–Crippen MR) is 177 cm³/mol. The van der Waals surface area contributed by atoms with E-state index in [2.05, 4.69) is 27.2 Å². The molecule has 2 rings (SSSR count). The molecule has 8 N–H and O–H groups in total. The van der Waals surface area contributed by atoms with Crippen molar-refractivity contribution < 1.29 is 63.3 Å². The van der Waals surface area contributed by atoms with Crippen molar-refractivity contribution in [3.8, 4) is 12.3 Å². The molecule has 10 atom stereocenters. The Balaban J connectivity index is 2.43. The number of aliphatic hydroxyl groups is 4. The van der Waals surface area contributed by atoms with Crippen molar-refractivity contribution >= 4 is 24.2 Å². The highest BCUT2D eigenvalue weighted by Crippen LogP contribution is 2.30. The summed E-state index contributed by atoms with van der Waals surface area (Å²) >= 11 is 0. The van der Waals surface area contributed by atoms with Crippen LogP contribution in [0.4, 0.5) is 14.4 Å². The van der Waals surface area contributed by atoms with Gasteiger partial charge in [0.15, 0.2) is 6.29 Å². The number of hydrogen-bond donors (Lipinski definition) is 8. The number of ether oxygens (including phenoxy) is 5. The lowest BCUT2D eigenvalue weighted by molar-refractivity contribution is -0.293. The first-order valence-electron chi connectivity index (χ1n) is 16.6. The number of carbonyl (C=O) groups excluding carboxylic acids is 4. The Kier molecular flexibility index (Phi) is 15.1. The summed E-state index contributed by atoms with van der Waals surface area (Å²) in [6.07, 6.45) is -8.21. The Morgan fingerprint density at radius 1 is 0.740 bits per heavy atom. The van der Waals surface area contributed by atoms with Crippen molar-refractivity contribution in [1.29, 1.82) is 0 Å². The van der Waals surface area contributed by atoms with Gasteiger partial charge in [0, 0.05) is 19.4 Å². The van der Waals surface area contributed by atoms with E-state index in [0.717, 1.165) is 0 Å². The summed E-state index contributed by atoms with van der Waals surface area (Å²) in [6.45, 7) is 14.4. The van der Waals surface area contributed by atoms with Crippen LogP contribution in [-0.4, -0.2) is 129 Å². The van der Waals surface area contributed by atoms with E-state index >= 15 is 0 Å². The van der Waals surface area contributed by atoms with E-state index in [1.807, 2.05) is 0 Å². The molecule has 1 heterocycles. The standard InChI is InChI=1S/C33H56N4O13/c1-11-12-13-14-20(38)34-16-19-23(40)24(41)21(37-30(45)50-33(8,9)10)27(46-19)47-26-18(36-29(44)49-32(5,6)7)15-17(22(39)25(26)42)35-28(43)48-31(2,3)4/h1,17-19,21-27,39-42H,12-16H2,2-10H3,(H,34,38)(H,35,43)(H,36,44)(H,37,45)/t17-,18?,19?,21?,22?,23+,24+,25+,26+,27+/m0/s1. The summed E-state index contributed by atoms with van der Waals surface area (Å²) in [6, 6.07) is -3.84. The van der Waals surface area contributed by atoms with E-state index in [-0.39, 0.29) is 19.4 Å². The third-order valence-corrected chi connectivity index (χ3v) is 7.31. The van der Waals surface area contributed by atoms with Crippen molar-refractivity contribution in [1.82, 2.24) is 21.3 Å². The van der Waals surface area contributed by atoms with Crippen LogP contribution in [0.15, 0.2) is 0 Å². The minimum atomic E-state index is -1.81. The molecule has 1 saturated carbocycles. The molecule has 0 spiro atoms. The second-order valence-electron chi connectivity index (χ2n) is 15.4. The largest absolute Gasteiger partial charge is 0.444 e. The molecule has 0 aromatic heterocycles. The number of terminal acetylenes is 1. The van der Waals surface area contributed by atoms with Gasteiger partial charge in [0.25, 0.3) is 0 Å². The lowest BCUT2D eigenvalue weighted by atomic mass is 9.83. The molecule has 0 aromatic carbocycles. The zero-order valence-electron chi connectivity index (χ0n) is 30.3. The van der Waals surface area contributed by atoms with Crippen LogP contribution in [0.25, 0.3) is 0 Å². The van der Waals surface area contributed by atoms with E-state index in [0.29, 0.717) is 12.8 Å². The molecule has 50 heavy (non-hydrogen) atoms. The second kappa shape index (κ2) is 17.7. The van der Waals surface area contributed by atoms with Crippen LogP contribution in [0.2, 0.25) is 0 Å². The van der Waals surface area contributed by atoms with Crippen LogP contribution in [0, 0.1) is 12.3 Å². The fourth-order valence-corrected chi connectivity index (χ4v) is 5.22. The lowest BCUT2D eigenvalue weighted by Crippen LogP contribution is -2.70. The quantitative estimate of drug-likeness (QED) is 0.0876. The average Bonchev–Trinajstić information content (AvgIpc) is 2.93. The number of nitrogens with one attached hydrogen (secondary N) is 4. The van der Waals surface area contributed by atoms with Gasteiger partial charge < -0.3 is 65.4 Å². The zero-order chi connectivity index (χ0) is 38.2.